The standard InChI is InChI=1S/C23H21N5O/c29-23(27-15-13-26(14-16-27)20-9-5-2-6-10-20)19-11-12-28-21(17-19)24-25-22(28)18-7-3-1-4-8-18/h1-12,17H,13-16H2. The molecule has 1 amide bonds. The zero-order chi connectivity index (χ0) is 19.6. The van der Waals surface area contributed by atoms with Crippen molar-refractivity contribution in [1.82, 2.24) is 19.5 Å². The monoisotopic (exact) mass is 383 g/mol. The van der Waals surface area contributed by atoms with E-state index in [-0.39, 0.29) is 5.91 Å². The van der Waals surface area contributed by atoms with Crippen molar-refractivity contribution in [3.63, 3.8) is 0 Å². The lowest BCUT2D eigenvalue weighted by molar-refractivity contribution is 0.0747. The molecule has 1 saturated heterocycles. The van der Waals surface area contributed by atoms with Crippen LogP contribution in [0.25, 0.3) is 17.0 Å². The lowest BCUT2D eigenvalue weighted by atomic mass is 10.2. The van der Waals surface area contributed by atoms with Crippen molar-refractivity contribution in [3.05, 3.63) is 84.6 Å². The Morgan fingerprint density at radius 1 is 0.793 bits per heavy atom. The number of carbonyl (C=O) groups excluding carboxylic acids is 1. The molecule has 0 atom stereocenters. The zero-order valence-corrected chi connectivity index (χ0v) is 16.0. The fourth-order valence-electron chi connectivity index (χ4n) is 3.80. The molecule has 0 radical (unpaired) electrons. The van der Waals surface area contributed by atoms with Crippen molar-refractivity contribution in [1.29, 1.82) is 0 Å². The number of aromatic nitrogens is 3. The summed E-state index contributed by atoms with van der Waals surface area (Å²) in [4.78, 5) is 17.2. The SMILES string of the molecule is O=C(c1ccn2c(-c3ccccc3)nnc2c1)N1CCN(c2ccccc2)CC1. The van der Waals surface area contributed by atoms with E-state index in [0.717, 1.165) is 24.5 Å². The van der Waals surface area contributed by atoms with Gasteiger partial charge in [-0.1, -0.05) is 48.5 Å². The van der Waals surface area contributed by atoms with Gasteiger partial charge in [0.05, 0.1) is 0 Å². The highest BCUT2D eigenvalue weighted by atomic mass is 16.2. The van der Waals surface area contributed by atoms with Gasteiger partial charge in [0.15, 0.2) is 11.5 Å². The molecule has 0 N–H and O–H groups in total. The summed E-state index contributed by atoms with van der Waals surface area (Å²) in [5, 5.41) is 8.57. The molecule has 2 aromatic carbocycles. The number of anilines is 1. The van der Waals surface area contributed by atoms with Gasteiger partial charge >= 0.3 is 0 Å². The lowest BCUT2D eigenvalue weighted by Crippen LogP contribution is -2.48. The van der Waals surface area contributed by atoms with E-state index in [2.05, 4.69) is 27.2 Å². The lowest BCUT2D eigenvalue weighted by Gasteiger charge is -2.36. The van der Waals surface area contributed by atoms with Gasteiger partial charge in [-0.05, 0) is 24.3 Å². The second-order valence-electron chi connectivity index (χ2n) is 7.15. The summed E-state index contributed by atoms with van der Waals surface area (Å²) in [5.74, 6) is 0.820. The van der Waals surface area contributed by atoms with E-state index in [4.69, 9.17) is 0 Å². The zero-order valence-electron chi connectivity index (χ0n) is 16.0. The Hall–Kier alpha value is -3.67. The first-order valence-corrected chi connectivity index (χ1v) is 9.79. The van der Waals surface area contributed by atoms with Crippen LogP contribution in [0.5, 0.6) is 0 Å². The molecule has 0 spiro atoms. The summed E-state index contributed by atoms with van der Waals surface area (Å²) in [7, 11) is 0. The van der Waals surface area contributed by atoms with Crippen LogP contribution >= 0.6 is 0 Å². The summed E-state index contributed by atoms with van der Waals surface area (Å²) in [6.45, 7) is 3.09. The molecule has 6 nitrogen and oxygen atoms in total. The Bertz CT molecular complexity index is 1130. The van der Waals surface area contributed by atoms with Crippen molar-refractivity contribution in [2.45, 2.75) is 0 Å². The summed E-state index contributed by atoms with van der Waals surface area (Å²) < 4.78 is 1.92. The van der Waals surface area contributed by atoms with Gasteiger partial charge in [0.25, 0.3) is 5.91 Å². The van der Waals surface area contributed by atoms with Crippen LogP contribution in [0.4, 0.5) is 5.69 Å². The molecular formula is C23H21N5O. The molecule has 5 rings (SSSR count). The minimum atomic E-state index is 0.0458. The molecule has 0 saturated carbocycles. The number of rotatable bonds is 3. The number of pyridine rings is 1. The smallest absolute Gasteiger partial charge is 0.254 e. The van der Waals surface area contributed by atoms with Crippen molar-refractivity contribution in [2.24, 2.45) is 0 Å². The molecule has 0 aliphatic carbocycles. The minimum absolute atomic E-state index is 0.0458. The van der Waals surface area contributed by atoms with Gasteiger partial charge in [-0.3, -0.25) is 9.20 Å². The summed E-state index contributed by atoms with van der Waals surface area (Å²) in [6, 6.07) is 23.9. The molecule has 4 aromatic rings. The quantitative estimate of drug-likeness (QED) is 0.544. The second kappa shape index (κ2) is 7.39. The average Bonchev–Trinajstić information content (AvgIpc) is 3.23. The molecule has 144 valence electrons. The Balaban J connectivity index is 1.33. The minimum Gasteiger partial charge on any atom is -0.368 e. The Labute approximate surface area is 169 Å². The molecule has 3 heterocycles. The van der Waals surface area contributed by atoms with E-state index >= 15 is 0 Å². The van der Waals surface area contributed by atoms with E-state index in [1.165, 1.54) is 5.69 Å². The van der Waals surface area contributed by atoms with E-state index in [1.807, 2.05) is 76.2 Å². The predicted octanol–water partition coefficient (Wildman–Crippen LogP) is 3.36. The number of hydrogen-bond donors (Lipinski definition) is 0. The maximum absolute atomic E-state index is 13.0. The third-order valence-corrected chi connectivity index (χ3v) is 5.38. The first-order valence-electron chi connectivity index (χ1n) is 9.79. The number of amides is 1. The Morgan fingerprint density at radius 3 is 2.21 bits per heavy atom. The fraction of sp³-hybridized carbons (Fsp3) is 0.174. The topological polar surface area (TPSA) is 53.7 Å². The predicted molar refractivity (Wildman–Crippen MR) is 113 cm³/mol. The van der Waals surface area contributed by atoms with Crippen LogP contribution in [0.1, 0.15) is 10.4 Å². The number of para-hydroxylation sites is 1. The van der Waals surface area contributed by atoms with Crippen LogP contribution in [0.3, 0.4) is 0 Å². The van der Waals surface area contributed by atoms with E-state index < -0.39 is 0 Å². The molecule has 6 heteroatoms. The largest absolute Gasteiger partial charge is 0.368 e. The van der Waals surface area contributed by atoms with E-state index in [1.54, 1.807) is 0 Å². The normalized spacial score (nSPS) is 14.3. The van der Waals surface area contributed by atoms with Crippen LogP contribution in [-0.4, -0.2) is 51.6 Å². The highest BCUT2D eigenvalue weighted by Gasteiger charge is 2.23. The number of carbonyl (C=O) groups is 1. The van der Waals surface area contributed by atoms with Gasteiger partial charge in [0, 0.05) is 49.2 Å². The van der Waals surface area contributed by atoms with Crippen LogP contribution in [0, 0.1) is 0 Å². The van der Waals surface area contributed by atoms with Crippen molar-refractivity contribution in [2.75, 3.05) is 31.1 Å². The number of benzene rings is 2. The summed E-state index contributed by atoms with van der Waals surface area (Å²) in [5.41, 5.74) is 3.53. The summed E-state index contributed by atoms with van der Waals surface area (Å²) >= 11 is 0. The highest BCUT2D eigenvalue weighted by Crippen LogP contribution is 2.20. The van der Waals surface area contributed by atoms with Gasteiger partial charge in [0.1, 0.15) is 0 Å². The van der Waals surface area contributed by atoms with Crippen molar-refractivity contribution >= 4 is 17.2 Å². The van der Waals surface area contributed by atoms with Gasteiger partial charge < -0.3 is 9.80 Å². The molecule has 1 aliphatic rings. The molecule has 29 heavy (non-hydrogen) atoms. The molecule has 1 aliphatic heterocycles. The van der Waals surface area contributed by atoms with Crippen LogP contribution in [0.2, 0.25) is 0 Å². The van der Waals surface area contributed by atoms with Crippen molar-refractivity contribution in [3.8, 4) is 11.4 Å². The van der Waals surface area contributed by atoms with Crippen LogP contribution < -0.4 is 4.90 Å². The third kappa shape index (κ3) is 3.33. The van der Waals surface area contributed by atoms with Crippen LogP contribution in [0.15, 0.2) is 79.0 Å². The number of fused-ring (bicyclic) bond motifs is 1. The number of hydrogen-bond acceptors (Lipinski definition) is 4. The van der Waals surface area contributed by atoms with Gasteiger partial charge in [0.2, 0.25) is 0 Å². The summed E-state index contributed by atoms with van der Waals surface area (Å²) in [6.07, 6.45) is 1.88. The first kappa shape index (κ1) is 17.4. The first-order chi connectivity index (χ1) is 14.3. The molecule has 0 bridgehead atoms. The second-order valence-corrected chi connectivity index (χ2v) is 7.15. The average molecular weight is 383 g/mol. The maximum atomic E-state index is 13.0. The highest BCUT2D eigenvalue weighted by molar-refractivity contribution is 5.95. The molecule has 2 aromatic heterocycles. The molecule has 0 unspecified atom stereocenters. The third-order valence-electron chi connectivity index (χ3n) is 5.38. The van der Waals surface area contributed by atoms with Gasteiger partial charge in [-0.25, -0.2) is 0 Å². The maximum Gasteiger partial charge on any atom is 0.254 e. The van der Waals surface area contributed by atoms with Gasteiger partial charge in [-0.2, -0.15) is 0 Å². The Kier molecular flexibility index (Phi) is 4.44. The Morgan fingerprint density at radius 2 is 1.48 bits per heavy atom. The van der Waals surface area contributed by atoms with E-state index in [0.29, 0.717) is 24.3 Å². The molecular weight excluding hydrogens is 362 g/mol. The fourth-order valence-corrected chi connectivity index (χ4v) is 3.80. The van der Waals surface area contributed by atoms with Crippen LogP contribution in [-0.2, 0) is 0 Å². The van der Waals surface area contributed by atoms with E-state index in [9.17, 15) is 4.79 Å². The number of nitrogens with zero attached hydrogens (tertiary/aromatic N) is 5. The van der Waals surface area contributed by atoms with Crippen molar-refractivity contribution < 1.29 is 4.79 Å². The number of piperazine rings is 1. The molecule has 1 fully saturated rings. The van der Waals surface area contributed by atoms with Gasteiger partial charge in [-0.15, -0.1) is 10.2 Å².